The van der Waals surface area contributed by atoms with Crippen LogP contribution in [0.4, 0.5) is 5.13 Å². The van der Waals surface area contributed by atoms with E-state index in [9.17, 15) is 0 Å². The fraction of sp³-hybridized carbons (Fsp3) is 0.467. The average molecular weight is 288 g/mol. The molecule has 3 rings (SSSR count). The summed E-state index contributed by atoms with van der Waals surface area (Å²) in [4.78, 5) is 11.1. The highest BCUT2D eigenvalue weighted by Crippen LogP contribution is 2.31. The van der Waals surface area contributed by atoms with Gasteiger partial charge in [-0.15, -0.1) is 11.3 Å². The molecule has 1 saturated carbocycles. The van der Waals surface area contributed by atoms with Crippen molar-refractivity contribution in [1.29, 1.82) is 0 Å². The number of hydrogen-bond acceptors (Lipinski definition) is 5. The monoisotopic (exact) mass is 288 g/mol. The molecule has 1 aliphatic carbocycles. The van der Waals surface area contributed by atoms with Gasteiger partial charge in [0.05, 0.1) is 5.69 Å². The highest BCUT2D eigenvalue weighted by molar-refractivity contribution is 7.13. The van der Waals surface area contributed by atoms with Crippen LogP contribution < -0.4 is 10.2 Å². The summed E-state index contributed by atoms with van der Waals surface area (Å²) in [5.41, 5.74) is 2.38. The van der Waals surface area contributed by atoms with Crippen molar-refractivity contribution in [3.8, 4) is 0 Å². The maximum absolute atomic E-state index is 4.71. The average Bonchev–Trinajstić information content (AvgIpc) is 3.23. The van der Waals surface area contributed by atoms with Crippen LogP contribution in [-0.4, -0.2) is 23.1 Å². The predicted molar refractivity (Wildman–Crippen MR) is 83.0 cm³/mol. The molecule has 1 aliphatic rings. The minimum atomic E-state index is 0.310. The van der Waals surface area contributed by atoms with Gasteiger partial charge in [0.1, 0.15) is 0 Å². The number of aromatic nitrogens is 2. The van der Waals surface area contributed by atoms with Crippen LogP contribution in [0, 0.1) is 0 Å². The maximum atomic E-state index is 4.71. The molecule has 0 saturated heterocycles. The van der Waals surface area contributed by atoms with E-state index in [-0.39, 0.29) is 0 Å². The van der Waals surface area contributed by atoms with Gasteiger partial charge in [-0.2, -0.15) is 0 Å². The number of nitrogens with one attached hydrogen (secondary N) is 1. The highest BCUT2D eigenvalue weighted by atomic mass is 32.1. The van der Waals surface area contributed by atoms with Gasteiger partial charge >= 0.3 is 0 Å². The van der Waals surface area contributed by atoms with E-state index in [0.29, 0.717) is 6.04 Å². The lowest BCUT2D eigenvalue weighted by Crippen LogP contribution is -2.20. The fourth-order valence-electron chi connectivity index (χ4n) is 2.19. The van der Waals surface area contributed by atoms with Gasteiger partial charge < -0.3 is 10.2 Å². The van der Waals surface area contributed by atoms with Crippen LogP contribution in [-0.2, 0) is 6.54 Å². The molecule has 106 valence electrons. The van der Waals surface area contributed by atoms with Gasteiger partial charge in [0, 0.05) is 43.4 Å². The van der Waals surface area contributed by atoms with Gasteiger partial charge in [0.2, 0.25) is 0 Å². The molecule has 4 nitrogen and oxygen atoms in total. The summed E-state index contributed by atoms with van der Waals surface area (Å²) in [7, 11) is 2.15. The van der Waals surface area contributed by atoms with Crippen LogP contribution in [0.5, 0.6) is 0 Å². The number of pyridine rings is 1. The Bertz CT molecular complexity index is 550. The molecule has 0 aliphatic heterocycles. The SMILES string of the molecule is C[C@@H](NCc1csc(N(C)C2CC2)n1)c1ccncc1. The molecule has 2 heterocycles. The molecular weight excluding hydrogens is 268 g/mol. The zero-order valence-corrected chi connectivity index (χ0v) is 12.7. The van der Waals surface area contributed by atoms with Gasteiger partial charge in [-0.3, -0.25) is 4.98 Å². The number of hydrogen-bond donors (Lipinski definition) is 1. The molecule has 0 unspecified atom stereocenters. The Kier molecular flexibility index (Phi) is 3.98. The second-order valence-electron chi connectivity index (χ2n) is 5.35. The molecule has 5 heteroatoms. The fourth-order valence-corrected chi connectivity index (χ4v) is 3.05. The van der Waals surface area contributed by atoms with E-state index in [1.807, 2.05) is 24.5 Å². The molecule has 2 aromatic heterocycles. The van der Waals surface area contributed by atoms with E-state index in [2.05, 4.69) is 34.6 Å². The number of nitrogens with zero attached hydrogens (tertiary/aromatic N) is 3. The lowest BCUT2D eigenvalue weighted by atomic mass is 10.1. The summed E-state index contributed by atoms with van der Waals surface area (Å²) in [5.74, 6) is 0. The first-order chi connectivity index (χ1) is 9.74. The summed E-state index contributed by atoms with van der Waals surface area (Å²) in [6, 6.07) is 5.12. The summed E-state index contributed by atoms with van der Waals surface area (Å²) in [6.07, 6.45) is 6.28. The Morgan fingerprint density at radius 3 is 2.85 bits per heavy atom. The van der Waals surface area contributed by atoms with E-state index in [0.717, 1.165) is 23.4 Å². The van der Waals surface area contributed by atoms with Gasteiger partial charge in [0.25, 0.3) is 0 Å². The quantitative estimate of drug-likeness (QED) is 0.887. The van der Waals surface area contributed by atoms with Crippen molar-refractivity contribution in [2.75, 3.05) is 11.9 Å². The van der Waals surface area contributed by atoms with Crippen molar-refractivity contribution < 1.29 is 0 Å². The zero-order valence-electron chi connectivity index (χ0n) is 11.9. The van der Waals surface area contributed by atoms with Gasteiger partial charge in [-0.1, -0.05) is 0 Å². The van der Waals surface area contributed by atoms with Crippen molar-refractivity contribution in [2.45, 2.75) is 38.4 Å². The van der Waals surface area contributed by atoms with Crippen molar-refractivity contribution in [2.24, 2.45) is 0 Å². The third-order valence-corrected chi connectivity index (χ3v) is 4.71. The standard InChI is InChI=1S/C15H20N4S/c1-11(12-5-7-16-8-6-12)17-9-13-10-20-15(18-13)19(2)14-3-4-14/h5-8,10-11,14,17H,3-4,9H2,1-2H3/t11-/m1/s1. The summed E-state index contributed by atoms with van der Waals surface area (Å²) in [6.45, 7) is 2.97. The Balaban J connectivity index is 1.56. The van der Waals surface area contributed by atoms with E-state index >= 15 is 0 Å². The van der Waals surface area contributed by atoms with E-state index in [1.54, 1.807) is 11.3 Å². The van der Waals surface area contributed by atoms with Crippen LogP contribution in [0.3, 0.4) is 0 Å². The van der Waals surface area contributed by atoms with Crippen molar-refractivity contribution in [3.63, 3.8) is 0 Å². The van der Waals surface area contributed by atoms with Crippen molar-refractivity contribution >= 4 is 16.5 Å². The molecule has 0 aromatic carbocycles. The third-order valence-electron chi connectivity index (χ3n) is 3.73. The Morgan fingerprint density at radius 2 is 2.15 bits per heavy atom. The number of rotatable bonds is 6. The topological polar surface area (TPSA) is 41.0 Å². The normalized spacial score (nSPS) is 16.1. The second kappa shape index (κ2) is 5.89. The molecule has 0 spiro atoms. The summed E-state index contributed by atoms with van der Waals surface area (Å²) >= 11 is 1.74. The van der Waals surface area contributed by atoms with Gasteiger partial charge in [0.15, 0.2) is 5.13 Å². The van der Waals surface area contributed by atoms with E-state index in [1.165, 1.54) is 18.4 Å². The lowest BCUT2D eigenvalue weighted by molar-refractivity contribution is 0.568. The smallest absolute Gasteiger partial charge is 0.185 e. The van der Waals surface area contributed by atoms with Crippen molar-refractivity contribution in [3.05, 3.63) is 41.2 Å². The van der Waals surface area contributed by atoms with Crippen LogP contribution in [0.1, 0.15) is 37.1 Å². The molecule has 1 N–H and O–H groups in total. The minimum absolute atomic E-state index is 0.310. The zero-order chi connectivity index (χ0) is 13.9. The number of anilines is 1. The molecule has 0 bridgehead atoms. The number of thiazole rings is 1. The second-order valence-corrected chi connectivity index (χ2v) is 6.18. The van der Waals surface area contributed by atoms with Gasteiger partial charge in [-0.25, -0.2) is 4.98 Å². The van der Waals surface area contributed by atoms with Crippen LogP contribution in [0.15, 0.2) is 29.9 Å². The molecule has 20 heavy (non-hydrogen) atoms. The minimum Gasteiger partial charge on any atom is -0.348 e. The Morgan fingerprint density at radius 1 is 1.40 bits per heavy atom. The van der Waals surface area contributed by atoms with E-state index < -0.39 is 0 Å². The first kappa shape index (κ1) is 13.5. The van der Waals surface area contributed by atoms with Gasteiger partial charge in [-0.05, 0) is 37.5 Å². The highest BCUT2D eigenvalue weighted by Gasteiger charge is 2.27. The molecule has 2 aromatic rings. The molecular formula is C15H20N4S. The van der Waals surface area contributed by atoms with Crippen LogP contribution >= 0.6 is 11.3 Å². The van der Waals surface area contributed by atoms with Crippen LogP contribution in [0.2, 0.25) is 0 Å². The largest absolute Gasteiger partial charge is 0.348 e. The van der Waals surface area contributed by atoms with Crippen molar-refractivity contribution in [1.82, 2.24) is 15.3 Å². The lowest BCUT2D eigenvalue weighted by Gasteiger charge is -2.14. The van der Waals surface area contributed by atoms with E-state index in [4.69, 9.17) is 4.98 Å². The Labute approximate surface area is 123 Å². The summed E-state index contributed by atoms with van der Waals surface area (Å²) < 4.78 is 0. The molecule has 1 atom stereocenters. The first-order valence-electron chi connectivity index (χ1n) is 7.04. The third kappa shape index (κ3) is 3.16. The molecule has 1 fully saturated rings. The van der Waals surface area contributed by atoms with Crippen LogP contribution in [0.25, 0.3) is 0 Å². The maximum Gasteiger partial charge on any atom is 0.185 e. The Hall–Kier alpha value is -1.46. The first-order valence-corrected chi connectivity index (χ1v) is 7.92. The molecule has 0 radical (unpaired) electrons. The molecule has 0 amide bonds. The predicted octanol–water partition coefficient (Wildman–Crippen LogP) is 2.99. The summed E-state index contributed by atoms with van der Waals surface area (Å²) in [5, 5.41) is 6.80.